The van der Waals surface area contributed by atoms with Gasteiger partial charge in [-0.15, -0.1) is 0 Å². The maximum atomic E-state index is 12.2. The fraction of sp³-hybridized carbons (Fsp3) is 0.750. The molecular formula is C16H25N3O. The Morgan fingerprint density at radius 1 is 1.35 bits per heavy atom. The van der Waals surface area contributed by atoms with Crippen molar-refractivity contribution in [2.24, 2.45) is 5.92 Å². The van der Waals surface area contributed by atoms with E-state index in [1.165, 1.54) is 25.7 Å². The van der Waals surface area contributed by atoms with Crippen molar-refractivity contribution in [2.75, 3.05) is 13.1 Å². The summed E-state index contributed by atoms with van der Waals surface area (Å²) in [6.45, 7) is 6.06. The molecule has 0 bridgehead atoms. The Morgan fingerprint density at radius 2 is 2.05 bits per heavy atom. The summed E-state index contributed by atoms with van der Waals surface area (Å²) in [5.41, 5.74) is 0. The number of amides is 1. The van der Waals surface area contributed by atoms with E-state index in [4.69, 9.17) is 0 Å². The average molecular weight is 275 g/mol. The Morgan fingerprint density at radius 3 is 2.70 bits per heavy atom. The second-order valence-electron chi connectivity index (χ2n) is 6.65. The first-order chi connectivity index (χ1) is 9.65. The van der Waals surface area contributed by atoms with Crippen molar-refractivity contribution < 1.29 is 4.79 Å². The predicted octanol–water partition coefficient (Wildman–Crippen LogP) is 2.97. The predicted molar refractivity (Wildman–Crippen MR) is 78.5 cm³/mol. The molecular weight excluding hydrogens is 250 g/mol. The van der Waals surface area contributed by atoms with Crippen LogP contribution in [0.15, 0.2) is 12.4 Å². The second kappa shape index (κ2) is 5.58. The normalized spacial score (nSPS) is 20.6. The minimum atomic E-state index is 0.361. The molecule has 1 saturated heterocycles. The summed E-state index contributed by atoms with van der Waals surface area (Å²) in [6, 6.07) is 0.433. The van der Waals surface area contributed by atoms with Gasteiger partial charge in [0.2, 0.25) is 5.91 Å². The largest absolute Gasteiger partial charge is 0.338 e. The Bertz CT molecular complexity index is 468. The van der Waals surface area contributed by atoms with Crippen LogP contribution in [-0.2, 0) is 4.79 Å². The van der Waals surface area contributed by atoms with Crippen molar-refractivity contribution in [2.45, 2.75) is 57.9 Å². The van der Waals surface area contributed by atoms with Gasteiger partial charge in [-0.2, -0.15) is 0 Å². The number of hydrogen-bond donors (Lipinski definition) is 0. The van der Waals surface area contributed by atoms with Crippen LogP contribution in [0.4, 0.5) is 0 Å². The van der Waals surface area contributed by atoms with Gasteiger partial charge >= 0.3 is 0 Å². The summed E-state index contributed by atoms with van der Waals surface area (Å²) in [5, 5.41) is 0. The van der Waals surface area contributed by atoms with Crippen molar-refractivity contribution >= 4 is 5.91 Å². The molecule has 4 nitrogen and oxygen atoms in total. The highest BCUT2D eigenvalue weighted by Gasteiger charge is 2.34. The van der Waals surface area contributed by atoms with Gasteiger partial charge in [0.25, 0.3) is 0 Å². The van der Waals surface area contributed by atoms with E-state index in [1.807, 2.05) is 11.1 Å². The summed E-state index contributed by atoms with van der Waals surface area (Å²) >= 11 is 0. The van der Waals surface area contributed by atoms with E-state index in [0.29, 0.717) is 23.8 Å². The summed E-state index contributed by atoms with van der Waals surface area (Å²) in [7, 11) is 0. The van der Waals surface area contributed by atoms with Crippen molar-refractivity contribution in [3.05, 3.63) is 18.2 Å². The number of imidazole rings is 1. The molecule has 20 heavy (non-hydrogen) atoms. The number of rotatable bonds is 4. The monoisotopic (exact) mass is 275 g/mol. The van der Waals surface area contributed by atoms with E-state index in [9.17, 15) is 4.79 Å². The quantitative estimate of drug-likeness (QED) is 0.847. The number of aromatic nitrogens is 2. The number of likely N-dealkylation sites (tertiary alicyclic amines) is 1. The van der Waals surface area contributed by atoms with Gasteiger partial charge in [-0.1, -0.05) is 26.7 Å². The second-order valence-corrected chi connectivity index (χ2v) is 6.65. The number of hydrogen-bond acceptors (Lipinski definition) is 2. The van der Waals surface area contributed by atoms with E-state index in [2.05, 4.69) is 29.6 Å². The SMILES string of the molecule is CC(C)c1nccn1C1CN(C(=O)CC2CCCC2)C1. The standard InChI is InChI=1S/C16H25N3O/c1-12(2)16-17-7-8-19(16)14-10-18(11-14)15(20)9-13-5-3-4-6-13/h7-8,12-14H,3-6,9-11H2,1-2H3. The highest BCUT2D eigenvalue weighted by atomic mass is 16.2. The van der Waals surface area contributed by atoms with Gasteiger partial charge in [0.1, 0.15) is 5.82 Å². The van der Waals surface area contributed by atoms with Crippen LogP contribution in [0.2, 0.25) is 0 Å². The van der Waals surface area contributed by atoms with Gasteiger partial charge in [0.05, 0.1) is 6.04 Å². The topological polar surface area (TPSA) is 38.1 Å². The molecule has 1 amide bonds. The van der Waals surface area contributed by atoms with Gasteiger partial charge in [-0.05, 0) is 18.8 Å². The van der Waals surface area contributed by atoms with Crippen LogP contribution in [0.1, 0.15) is 63.7 Å². The molecule has 3 rings (SSSR count). The first kappa shape index (κ1) is 13.7. The van der Waals surface area contributed by atoms with Gasteiger partial charge in [0.15, 0.2) is 0 Å². The fourth-order valence-electron chi connectivity index (χ4n) is 3.51. The lowest BCUT2D eigenvalue weighted by Gasteiger charge is -2.41. The van der Waals surface area contributed by atoms with Gasteiger partial charge in [-0.3, -0.25) is 4.79 Å². The fourth-order valence-corrected chi connectivity index (χ4v) is 3.51. The highest BCUT2D eigenvalue weighted by Crippen LogP contribution is 2.31. The Labute approximate surface area is 121 Å². The molecule has 110 valence electrons. The Kier molecular flexibility index (Phi) is 3.81. The molecule has 2 heterocycles. The van der Waals surface area contributed by atoms with Crippen molar-refractivity contribution in [3.63, 3.8) is 0 Å². The maximum absolute atomic E-state index is 12.2. The van der Waals surface area contributed by atoms with E-state index in [-0.39, 0.29) is 0 Å². The molecule has 1 aromatic heterocycles. The summed E-state index contributed by atoms with van der Waals surface area (Å²) in [4.78, 5) is 18.7. The van der Waals surface area contributed by atoms with E-state index < -0.39 is 0 Å². The van der Waals surface area contributed by atoms with Crippen LogP contribution in [0.25, 0.3) is 0 Å². The van der Waals surface area contributed by atoms with Crippen molar-refractivity contribution in [1.29, 1.82) is 0 Å². The third-order valence-electron chi connectivity index (χ3n) is 4.76. The zero-order valence-electron chi connectivity index (χ0n) is 12.6. The van der Waals surface area contributed by atoms with Gasteiger partial charge in [-0.25, -0.2) is 4.98 Å². The molecule has 1 saturated carbocycles. The number of carbonyl (C=O) groups is 1. The third kappa shape index (κ3) is 2.60. The lowest BCUT2D eigenvalue weighted by Crippen LogP contribution is -2.51. The lowest BCUT2D eigenvalue weighted by molar-refractivity contribution is -0.138. The highest BCUT2D eigenvalue weighted by molar-refractivity contribution is 5.77. The molecule has 2 fully saturated rings. The summed E-state index contributed by atoms with van der Waals surface area (Å²) in [5.74, 6) is 2.59. The molecule has 1 aliphatic carbocycles. The first-order valence-corrected chi connectivity index (χ1v) is 7.95. The zero-order chi connectivity index (χ0) is 14.1. The number of carbonyl (C=O) groups excluding carboxylic acids is 1. The van der Waals surface area contributed by atoms with Crippen LogP contribution in [0.5, 0.6) is 0 Å². The van der Waals surface area contributed by atoms with Crippen LogP contribution in [-0.4, -0.2) is 33.4 Å². The van der Waals surface area contributed by atoms with Crippen LogP contribution >= 0.6 is 0 Å². The Hall–Kier alpha value is -1.32. The Balaban J connectivity index is 1.52. The molecule has 1 aromatic rings. The molecule has 2 aliphatic rings. The molecule has 0 aromatic carbocycles. The third-order valence-corrected chi connectivity index (χ3v) is 4.76. The number of nitrogens with zero attached hydrogens (tertiary/aromatic N) is 3. The minimum absolute atomic E-state index is 0.361. The van der Waals surface area contributed by atoms with E-state index in [0.717, 1.165) is 25.3 Å². The molecule has 0 atom stereocenters. The van der Waals surface area contributed by atoms with Crippen LogP contribution < -0.4 is 0 Å². The first-order valence-electron chi connectivity index (χ1n) is 7.95. The molecule has 1 aliphatic heterocycles. The summed E-state index contributed by atoms with van der Waals surface area (Å²) < 4.78 is 2.25. The molecule has 0 unspecified atom stereocenters. The van der Waals surface area contributed by atoms with Crippen LogP contribution in [0, 0.1) is 5.92 Å². The maximum Gasteiger partial charge on any atom is 0.222 e. The molecule has 0 spiro atoms. The molecule has 0 radical (unpaired) electrons. The van der Waals surface area contributed by atoms with Gasteiger partial charge < -0.3 is 9.47 Å². The van der Waals surface area contributed by atoms with E-state index >= 15 is 0 Å². The smallest absolute Gasteiger partial charge is 0.222 e. The molecule has 4 heteroatoms. The summed E-state index contributed by atoms with van der Waals surface area (Å²) in [6.07, 6.45) is 9.83. The van der Waals surface area contributed by atoms with Crippen molar-refractivity contribution in [1.82, 2.24) is 14.5 Å². The van der Waals surface area contributed by atoms with E-state index in [1.54, 1.807) is 0 Å². The molecule has 0 N–H and O–H groups in total. The zero-order valence-corrected chi connectivity index (χ0v) is 12.6. The van der Waals surface area contributed by atoms with Crippen molar-refractivity contribution in [3.8, 4) is 0 Å². The minimum Gasteiger partial charge on any atom is -0.338 e. The van der Waals surface area contributed by atoms with Gasteiger partial charge in [0, 0.05) is 37.8 Å². The average Bonchev–Trinajstić information content (AvgIpc) is 2.97. The lowest BCUT2D eigenvalue weighted by atomic mass is 10.0. The van der Waals surface area contributed by atoms with Crippen LogP contribution in [0.3, 0.4) is 0 Å².